The van der Waals surface area contributed by atoms with E-state index in [-0.39, 0.29) is 35.2 Å². The summed E-state index contributed by atoms with van der Waals surface area (Å²) in [5.41, 5.74) is 8.00. The number of aromatic hydroxyl groups is 1. The van der Waals surface area contributed by atoms with E-state index in [1.807, 2.05) is 0 Å². The highest BCUT2D eigenvalue weighted by atomic mass is 79.9. The smallest absolute Gasteiger partial charge is 0.293 e. The van der Waals surface area contributed by atoms with Crippen LogP contribution < -0.4 is 10.5 Å². The zero-order valence-corrected chi connectivity index (χ0v) is 17.8. The number of phenolic OH excluding ortho intramolecular Hbond substituents is 1. The topological polar surface area (TPSA) is 119 Å². The molecule has 0 bridgehead atoms. The Bertz CT molecular complexity index is 1050. The number of thioether (sulfide) groups is 1. The fraction of sp³-hybridized carbons (Fsp3) is 0.263. The Morgan fingerprint density at radius 3 is 2.83 bits per heavy atom. The lowest BCUT2D eigenvalue weighted by atomic mass is 10.1. The summed E-state index contributed by atoms with van der Waals surface area (Å²) in [4.78, 5) is 33.5. The average molecular weight is 477 g/mol. The molecule has 2 heterocycles. The first-order valence-electron chi connectivity index (χ1n) is 8.81. The standard InChI is InChI=1S/C19H17BrN4O4S/c1-24-17(26)15(29-19(24)27)5-10-4-14(13(25)6-12(10)20)28-8-11-7-22-18(21)23-16(11)9-2-3-9/h4-7,9,25H,2-3,8H2,1H3,(H2,21,22,23)/b15-5-. The van der Waals surface area contributed by atoms with Gasteiger partial charge in [-0.2, -0.15) is 0 Å². The number of nitrogens with two attached hydrogens (primary N) is 1. The molecular weight excluding hydrogens is 460 g/mol. The molecule has 150 valence electrons. The molecule has 1 saturated heterocycles. The van der Waals surface area contributed by atoms with E-state index >= 15 is 0 Å². The summed E-state index contributed by atoms with van der Waals surface area (Å²) in [6.45, 7) is 0.173. The van der Waals surface area contributed by atoms with Gasteiger partial charge in [0.05, 0.1) is 10.6 Å². The van der Waals surface area contributed by atoms with Crippen LogP contribution in [0.15, 0.2) is 27.7 Å². The number of carbonyl (C=O) groups is 2. The number of nitrogens with zero attached hydrogens (tertiary/aromatic N) is 3. The van der Waals surface area contributed by atoms with Crippen molar-refractivity contribution >= 4 is 50.9 Å². The first-order chi connectivity index (χ1) is 13.8. The van der Waals surface area contributed by atoms with E-state index in [4.69, 9.17) is 10.5 Å². The number of carbonyl (C=O) groups excluding carboxylic acids is 2. The van der Waals surface area contributed by atoms with Crippen LogP contribution in [0.3, 0.4) is 0 Å². The second-order valence-electron chi connectivity index (χ2n) is 6.78. The Kier molecular flexibility index (Phi) is 5.22. The number of hydrogen-bond donors (Lipinski definition) is 2. The minimum absolute atomic E-state index is 0.0537. The predicted octanol–water partition coefficient (Wildman–Crippen LogP) is 3.65. The van der Waals surface area contributed by atoms with Crippen molar-refractivity contribution in [2.75, 3.05) is 12.8 Å². The molecule has 1 aromatic carbocycles. The molecule has 2 amide bonds. The first-order valence-corrected chi connectivity index (χ1v) is 10.4. The quantitative estimate of drug-likeness (QED) is 0.627. The number of aromatic nitrogens is 2. The van der Waals surface area contributed by atoms with Crippen molar-refractivity contribution in [3.8, 4) is 11.5 Å². The number of nitrogen functional groups attached to an aromatic ring is 1. The van der Waals surface area contributed by atoms with Crippen LogP contribution in [0.25, 0.3) is 6.08 Å². The van der Waals surface area contributed by atoms with Crippen molar-refractivity contribution in [2.24, 2.45) is 0 Å². The molecule has 1 aliphatic heterocycles. The van der Waals surface area contributed by atoms with Gasteiger partial charge in [0, 0.05) is 29.2 Å². The third-order valence-corrected chi connectivity index (χ3v) is 6.26. The van der Waals surface area contributed by atoms with Gasteiger partial charge in [0.15, 0.2) is 11.5 Å². The predicted molar refractivity (Wildman–Crippen MR) is 112 cm³/mol. The number of rotatable bonds is 5. The van der Waals surface area contributed by atoms with Gasteiger partial charge in [-0.25, -0.2) is 9.97 Å². The number of imide groups is 1. The normalized spacial score (nSPS) is 18.0. The van der Waals surface area contributed by atoms with Crippen molar-refractivity contribution in [3.63, 3.8) is 0 Å². The van der Waals surface area contributed by atoms with Crippen LogP contribution in [-0.4, -0.2) is 38.2 Å². The lowest BCUT2D eigenvalue weighted by Crippen LogP contribution is -2.22. The van der Waals surface area contributed by atoms with Crippen LogP contribution in [-0.2, 0) is 11.4 Å². The van der Waals surface area contributed by atoms with Crippen LogP contribution in [0.4, 0.5) is 10.7 Å². The highest BCUT2D eigenvalue weighted by Gasteiger charge is 2.32. The summed E-state index contributed by atoms with van der Waals surface area (Å²) in [5, 5.41) is 9.93. The van der Waals surface area contributed by atoms with Crippen LogP contribution in [0.5, 0.6) is 11.5 Å². The Morgan fingerprint density at radius 1 is 1.41 bits per heavy atom. The van der Waals surface area contributed by atoms with Crippen molar-refractivity contribution in [1.29, 1.82) is 0 Å². The van der Waals surface area contributed by atoms with Gasteiger partial charge in [-0.1, -0.05) is 15.9 Å². The summed E-state index contributed by atoms with van der Waals surface area (Å²) >= 11 is 4.23. The Hall–Kier alpha value is -2.59. The van der Waals surface area contributed by atoms with Crippen LogP contribution in [0.2, 0.25) is 0 Å². The van der Waals surface area contributed by atoms with Gasteiger partial charge in [-0.3, -0.25) is 14.5 Å². The fourth-order valence-corrected chi connectivity index (χ4v) is 4.15. The zero-order chi connectivity index (χ0) is 20.7. The lowest BCUT2D eigenvalue weighted by Gasteiger charge is -2.12. The summed E-state index contributed by atoms with van der Waals surface area (Å²) in [6.07, 6.45) is 5.35. The number of benzene rings is 1. The summed E-state index contributed by atoms with van der Waals surface area (Å²) in [5.74, 6) is 0.429. The molecule has 1 aromatic heterocycles. The van der Waals surface area contributed by atoms with Gasteiger partial charge >= 0.3 is 0 Å². The van der Waals surface area contributed by atoms with Gasteiger partial charge in [0.25, 0.3) is 11.1 Å². The second-order valence-corrected chi connectivity index (χ2v) is 8.63. The highest BCUT2D eigenvalue weighted by Crippen LogP contribution is 2.41. The molecule has 0 radical (unpaired) electrons. The van der Waals surface area contributed by atoms with Crippen LogP contribution in [0, 0.1) is 0 Å². The highest BCUT2D eigenvalue weighted by molar-refractivity contribution is 9.10. The van der Waals surface area contributed by atoms with Crippen molar-refractivity contribution in [2.45, 2.75) is 25.4 Å². The maximum absolute atomic E-state index is 12.1. The van der Waals surface area contributed by atoms with Crippen molar-refractivity contribution in [3.05, 3.63) is 44.5 Å². The molecule has 2 fully saturated rings. The fourth-order valence-electron chi connectivity index (χ4n) is 2.88. The third kappa shape index (κ3) is 4.08. The Morgan fingerprint density at radius 2 is 2.17 bits per heavy atom. The molecule has 4 rings (SSSR count). The van der Waals surface area contributed by atoms with Crippen LogP contribution >= 0.6 is 27.7 Å². The largest absolute Gasteiger partial charge is 0.504 e. The molecule has 10 heteroatoms. The molecular formula is C19H17BrN4O4S. The molecule has 29 heavy (non-hydrogen) atoms. The van der Waals surface area contributed by atoms with Gasteiger partial charge in [0.1, 0.15) is 6.61 Å². The third-order valence-electron chi connectivity index (χ3n) is 4.62. The number of halogens is 1. The SMILES string of the molecule is CN1C(=O)S/C(=C\c2cc(OCc3cnc(N)nc3C3CC3)c(O)cc2Br)C1=O. The van der Waals surface area contributed by atoms with E-state index in [1.54, 1.807) is 18.3 Å². The number of ether oxygens (including phenoxy) is 1. The molecule has 0 atom stereocenters. The number of anilines is 1. The maximum Gasteiger partial charge on any atom is 0.293 e. The number of likely N-dealkylation sites (N-methyl/N-ethyl adjacent to an activating group) is 1. The minimum atomic E-state index is -0.365. The molecule has 1 saturated carbocycles. The van der Waals surface area contributed by atoms with Crippen molar-refractivity contribution < 1.29 is 19.4 Å². The molecule has 2 aromatic rings. The van der Waals surface area contributed by atoms with Crippen molar-refractivity contribution in [1.82, 2.24) is 14.9 Å². The molecule has 0 unspecified atom stereocenters. The van der Waals surface area contributed by atoms with E-state index in [1.165, 1.54) is 13.1 Å². The molecule has 0 spiro atoms. The average Bonchev–Trinajstić information content (AvgIpc) is 3.49. The van der Waals surface area contributed by atoms with E-state index < -0.39 is 0 Å². The monoisotopic (exact) mass is 476 g/mol. The summed E-state index contributed by atoms with van der Waals surface area (Å²) in [6, 6.07) is 3.09. The van der Waals surface area contributed by atoms with Crippen LogP contribution in [0.1, 0.15) is 35.6 Å². The molecule has 1 aliphatic carbocycles. The Balaban J connectivity index is 1.59. The second kappa shape index (κ2) is 7.68. The lowest BCUT2D eigenvalue weighted by molar-refractivity contribution is -0.121. The molecule has 2 aliphatic rings. The van der Waals surface area contributed by atoms with Gasteiger partial charge < -0.3 is 15.6 Å². The Labute approximate surface area is 179 Å². The molecule has 3 N–H and O–H groups in total. The van der Waals surface area contributed by atoms with Gasteiger partial charge in [0.2, 0.25) is 5.95 Å². The number of phenols is 1. The van der Waals surface area contributed by atoms with Gasteiger partial charge in [-0.15, -0.1) is 0 Å². The number of amides is 2. The number of hydrogen-bond acceptors (Lipinski definition) is 8. The first kappa shape index (κ1) is 19.7. The molecule has 8 nitrogen and oxygen atoms in total. The van der Waals surface area contributed by atoms with Gasteiger partial charge in [-0.05, 0) is 48.4 Å². The van der Waals surface area contributed by atoms with E-state index in [0.29, 0.717) is 20.9 Å². The van der Waals surface area contributed by atoms with E-state index in [9.17, 15) is 14.7 Å². The zero-order valence-electron chi connectivity index (χ0n) is 15.4. The maximum atomic E-state index is 12.1. The summed E-state index contributed by atoms with van der Waals surface area (Å²) < 4.78 is 6.39. The van der Waals surface area contributed by atoms with E-state index in [0.717, 1.165) is 40.8 Å². The minimum Gasteiger partial charge on any atom is -0.504 e. The summed E-state index contributed by atoms with van der Waals surface area (Å²) in [7, 11) is 1.44. The van der Waals surface area contributed by atoms with E-state index in [2.05, 4.69) is 25.9 Å².